The molecule has 0 radical (unpaired) electrons. The Balaban J connectivity index is 1.89. The van der Waals surface area contributed by atoms with Crippen molar-refractivity contribution in [3.63, 3.8) is 0 Å². The maximum Gasteiger partial charge on any atom is 0.149 e. The van der Waals surface area contributed by atoms with Crippen LogP contribution in [0.25, 0.3) is 0 Å². The van der Waals surface area contributed by atoms with Crippen LogP contribution in [0.3, 0.4) is 0 Å². The summed E-state index contributed by atoms with van der Waals surface area (Å²) < 4.78 is 28.1. The topological polar surface area (TPSA) is 18.5 Å². The van der Waals surface area contributed by atoms with Gasteiger partial charge in [0.25, 0.3) is 0 Å². The molecule has 2 aliphatic heterocycles. The van der Waals surface area contributed by atoms with Crippen LogP contribution in [0, 0.1) is 11.6 Å². The molecule has 2 heterocycles. The van der Waals surface area contributed by atoms with Gasteiger partial charge < -0.3 is 15.1 Å². The molecular weight excluding hydrogens is 280 g/mol. The molecule has 0 atom stereocenters. The highest BCUT2D eigenvalue weighted by Crippen LogP contribution is 2.30. The molecule has 3 rings (SSSR count). The van der Waals surface area contributed by atoms with Crippen LogP contribution in [0.2, 0.25) is 0 Å². The number of rotatable bonds is 2. The summed E-state index contributed by atoms with van der Waals surface area (Å²) in [6.45, 7) is 4.86. The van der Waals surface area contributed by atoms with Crippen molar-refractivity contribution in [2.24, 2.45) is 0 Å². The zero-order valence-electron chi connectivity index (χ0n) is 11.4. The fourth-order valence-corrected chi connectivity index (χ4v) is 3.62. The summed E-state index contributed by atoms with van der Waals surface area (Å²) in [5.74, 6) is 1.09. The van der Waals surface area contributed by atoms with E-state index in [0.717, 1.165) is 56.8 Å². The fourth-order valence-electron chi connectivity index (χ4n) is 2.72. The van der Waals surface area contributed by atoms with Gasteiger partial charge in [0.15, 0.2) is 0 Å². The molecule has 1 aromatic carbocycles. The Bertz CT molecular complexity index is 432. The summed E-state index contributed by atoms with van der Waals surface area (Å²) in [6, 6.07) is 2.72. The van der Waals surface area contributed by atoms with Crippen LogP contribution < -0.4 is 15.1 Å². The lowest BCUT2D eigenvalue weighted by molar-refractivity contribution is 0.553. The first-order valence-corrected chi connectivity index (χ1v) is 8.18. The molecule has 0 unspecified atom stereocenters. The zero-order chi connectivity index (χ0) is 13.9. The van der Waals surface area contributed by atoms with Gasteiger partial charge in [0.1, 0.15) is 11.6 Å². The molecule has 0 aliphatic carbocycles. The van der Waals surface area contributed by atoms with Gasteiger partial charge in [-0.3, -0.25) is 0 Å². The number of hydrogen-bond donors (Lipinski definition) is 1. The van der Waals surface area contributed by atoms with Crippen molar-refractivity contribution in [2.45, 2.75) is 0 Å². The third-order valence-corrected chi connectivity index (χ3v) is 4.77. The van der Waals surface area contributed by atoms with Gasteiger partial charge in [-0.05, 0) is 6.07 Å². The first-order chi connectivity index (χ1) is 9.75. The van der Waals surface area contributed by atoms with Gasteiger partial charge in [-0.25, -0.2) is 8.78 Å². The number of hydrogen-bond acceptors (Lipinski definition) is 4. The Kier molecular flexibility index (Phi) is 4.31. The SMILES string of the molecule is Fc1cc(F)c(N2CCSCC2)cc1N1CCNCC1. The maximum atomic E-state index is 14.1. The van der Waals surface area contributed by atoms with Crippen molar-refractivity contribution < 1.29 is 8.78 Å². The third-order valence-electron chi connectivity index (χ3n) is 3.83. The Labute approximate surface area is 122 Å². The Morgan fingerprint density at radius 3 is 2.00 bits per heavy atom. The van der Waals surface area contributed by atoms with E-state index in [-0.39, 0.29) is 0 Å². The molecule has 2 aliphatic rings. The molecule has 2 saturated heterocycles. The van der Waals surface area contributed by atoms with E-state index in [0.29, 0.717) is 11.4 Å². The van der Waals surface area contributed by atoms with Gasteiger partial charge in [-0.15, -0.1) is 0 Å². The van der Waals surface area contributed by atoms with Crippen molar-refractivity contribution in [1.82, 2.24) is 5.32 Å². The molecule has 0 saturated carbocycles. The van der Waals surface area contributed by atoms with E-state index in [2.05, 4.69) is 5.32 Å². The number of benzene rings is 1. The van der Waals surface area contributed by atoms with Crippen LogP contribution in [-0.2, 0) is 0 Å². The van der Waals surface area contributed by atoms with Crippen molar-refractivity contribution in [3.05, 3.63) is 23.8 Å². The maximum absolute atomic E-state index is 14.1. The highest BCUT2D eigenvalue weighted by molar-refractivity contribution is 7.99. The number of piperazine rings is 1. The fraction of sp³-hybridized carbons (Fsp3) is 0.571. The molecule has 1 aromatic rings. The van der Waals surface area contributed by atoms with Gasteiger partial charge in [0, 0.05) is 56.8 Å². The van der Waals surface area contributed by atoms with E-state index in [9.17, 15) is 8.78 Å². The Morgan fingerprint density at radius 1 is 0.850 bits per heavy atom. The largest absolute Gasteiger partial charge is 0.367 e. The van der Waals surface area contributed by atoms with Gasteiger partial charge >= 0.3 is 0 Å². The van der Waals surface area contributed by atoms with E-state index in [1.54, 1.807) is 6.07 Å². The quantitative estimate of drug-likeness (QED) is 0.899. The molecule has 0 bridgehead atoms. The van der Waals surface area contributed by atoms with E-state index >= 15 is 0 Å². The lowest BCUT2D eigenvalue weighted by atomic mass is 10.2. The second kappa shape index (κ2) is 6.18. The monoisotopic (exact) mass is 299 g/mol. The smallest absolute Gasteiger partial charge is 0.149 e. The van der Waals surface area contributed by atoms with Crippen molar-refractivity contribution in [2.75, 3.05) is 60.6 Å². The van der Waals surface area contributed by atoms with E-state index < -0.39 is 11.6 Å². The van der Waals surface area contributed by atoms with E-state index in [4.69, 9.17) is 0 Å². The first kappa shape index (κ1) is 13.9. The van der Waals surface area contributed by atoms with Crippen LogP contribution in [0.4, 0.5) is 20.2 Å². The summed E-state index contributed by atoms with van der Waals surface area (Å²) in [6.07, 6.45) is 0. The lowest BCUT2D eigenvalue weighted by Crippen LogP contribution is -2.44. The molecule has 20 heavy (non-hydrogen) atoms. The molecule has 0 spiro atoms. The highest BCUT2D eigenvalue weighted by Gasteiger charge is 2.21. The van der Waals surface area contributed by atoms with Crippen LogP contribution in [-0.4, -0.2) is 50.8 Å². The van der Waals surface area contributed by atoms with Gasteiger partial charge in [0.2, 0.25) is 0 Å². The summed E-state index contributed by atoms with van der Waals surface area (Å²) in [4.78, 5) is 4.02. The predicted molar refractivity (Wildman–Crippen MR) is 81.0 cm³/mol. The standard InChI is InChI=1S/C14H19F2N3S/c15-11-9-12(16)14(19-5-7-20-8-6-19)10-13(11)18-3-1-17-2-4-18/h9-10,17H,1-8H2. The lowest BCUT2D eigenvalue weighted by Gasteiger charge is -2.33. The Hall–Kier alpha value is -1.01. The highest BCUT2D eigenvalue weighted by atomic mass is 32.2. The molecule has 110 valence electrons. The van der Waals surface area contributed by atoms with Crippen LogP contribution in [0.5, 0.6) is 0 Å². The average molecular weight is 299 g/mol. The number of nitrogens with one attached hydrogen (secondary N) is 1. The first-order valence-electron chi connectivity index (χ1n) is 7.03. The number of nitrogens with zero attached hydrogens (tertiary/aromatic N) is 2. The van der Waals surface area contributed by atoms with Crippen molar-refractivity contribution >= 4 is 23.1 Å². The van der Waals surface area contributed by atoms with Crippen LogP contribution >= 0.6 is 11.8 Å². The second-order valence-corrected chi connectivity index (χ2v) is 6.32. The zero-order valence-corrected chi connectivity index (χ0v) is 12.2. The predicted octanol–water partition coefficient (Wildman–Crippen LogP) is 1.93. The Morgan fingerprint density at radius 2 is 1.40 bits per heavy atom. The van der Waals surface area contributed by atoms with E-state index in [1.807, 2.05) is 21.6 Å². The van der Waals surface area contributed by atoms with Gasteiger partial charge in [-0.2, -0.15) is 11.8 Å². The number of halogens is 2. The molecule has 6 heteroatoms. The minimum Gasteiger partial charge on any atom is -0.367 e. The normalized spacial score (nSPS) is 20.3. The number of anilines is 2. The summed E-state index contributed by atoms with van der Waals surface area (Å²) in [5.41, 5.74) is 1.07. The summed E-state index contributed by atoms with van der Waals surface area (Å²) in [7, 11) is 0. The number of thioether (sulfide) groups is 1. The van der Waals surface area contributed by atoms with Gasteiger partial charge in [0.05, 0.1) is 11.4 Å². The molecular formula is C14H19F2N3S. The second-order valence-electron chi connectivity index (χ2n) is 5.09. The van der Waals surface area contributed by atoms with Crippen LogP contribution in [0.15, 0.2) is 12.1 Å². The minimum atomic E-state index is -0.459. The van der Waals surface area contributed by atoms with Gasteiger partial charge in [-0.1, -0.05) is 0 Å². The molecule has 0 amide bonds. The minimum absolute atomic E-state index is 0.451. The summed E-state index contributed by atoms with van der Waals surface area (Å²) >= 11 is 1.88. The molecule has 2 fully saturated rings. The van der Waals surface area contributed by atoms with Crippen molar-refractivity contribution in [3.8, 4) is 0 Å². The molecule has 0 aromatic heterocycles. The van der Waals surface area contributed by atoms with Crippen LogP contribution in [0.1, 0.15) is 0 Å². The molecule has 3 nitrogen and oxygen atoms in total. The average Bonchev–Trinajstić information content (AvgIpc) is 2.49. The van der Waals surface area contributed by atoms with Crippen molar-refractivity contribution in [1.29, 1.82) is 0 Å². The summed E-state index contributed by atoms with van der Waals surface area (Å²) in [5, 5.41) is 3.24. The molecule has 1 N–H and O–H groups in total. The van der Waals surface area contributed by atoms with E-state index in [1.165, 1.54) is 0 Å². The third kappa shape index (κ3) is 2.86.